The minimum atomic E-state index is -0.699. The maximum atomic E-state index is 13.3. The van der Waals surface area contributed by atoms with E-state index in [0.29, 0.717) is 34.4 Å². The van der Waals surface area contributed by atoms with E-state index in [1.807, 2.05) is 36.4 Å². The average molecular weight is 556 g/mol. The molecule has 2 heterocycles. The molecule has 2 aliphatic heterocycles. The Balaban J connectivity index is 1.31. The van der Waals surface area contributed by atoms with Gasteiger partial charge in [-0.25, -0.2) is 0 Å². The summed E-state index contributed by atoms with van der Waals surface area (Å²) in [6.07, 6.45) is 4.15. The summed E-state index contributed by atoms with van der Waals surface area (Å²) < 4.78 is 11.0. The molecule has 0 radical (unpaired) electrons. The summed E-state index contributed by atoms with van der Waals surface area (Å²) in [6.45, 7) is 3.04. The zero-order chi connectivity index (χ0) is 28.8. The molecule has 1 amide bonds. The number of hydrogen-bond acceptors (Lipinski definition) is 6. The monoisotopic (exact) mass is 555 g/mol. The first-order valence-corrected chi connectivity index (χ1v) is 14.1. The Morgan fingerprint density at radius 1 is 1.00 bits per heavy atom. The van der Waals surface area contributed by atoms with Crippen molar-refractivity contribution in [2.24, 2.45) is 5.92 Å². The standard InChI is InChI=1S/C33H37N3O5/c1-40-28-20-26-27(21-29(28)41-2)35-33(39)31(26)32(24-6-4-3-5-7-24)34-25-11-8-22(9-12-25)14-17-36-18-15-23(16-19-36)10-13-30(37)38/h3-9,11-12,20-21,23,34H,10,13-19H2,1-2H3,(H,35,39)(H,37,38). The third-order valence-electron chi connectivity index (χ3n) is 7.99. The number of hydrogen-bond donors (Lipinski definition) is 3. The number of benzene rings is 3. The summed E-state index contributed by atoms with van der Waals surface area (Å²) >= 11 is 0. The van der Waals surface area contributed by atoms with Crippen molar-refractivity contribution in [3.8, 4) is 11.5 Å². The molecule has 5 rings (SSSR count). The van der Waals surface area contributed by atoms with Crippen LogP contribution in [0.5, 0.6) is 11.5 Å². The van der Waals surface area contributed by atoms with Crippen molar-refractivity contribution in [3.63, 3.8) is 0 Å². The largest absolute Gasteiger partial charge is 0.493 e. The highest BCUT2D eigenvalue weighted by Gasteiger charge is 2.30. The highest BCUT2D eigenvalue weighted by molar-refractivity contribution is 6.37. The van der Waals surface area contributed by atoms with Crippen molar-refractivity contribution in [2.75, 3.05) is 44.5 Å². The number of nitrogens with one attached hydrogen (secondary N) is 2. The second kappa shape index (κ2) is 12.9. The van der Waals surface area contributed by atoms with Gasteiger partial charge in [-0.3, -0.25) is 9.59 Å². The van der Waals surface area contributed by atoms with E-state index in [0.717, 1.165) is 62.1 Å². The van der Waals surface area contributed by atoms with Crippen LogP contribution < -0.4 is 20.1 Å². The number of methoxy groups -OCH3 is 2. The van der Waals surface area contributed by atoms with Gasteiger partial charge in [0.25, 0.3) is 5.91 Å². The molecule has 1 saturated heterocycles. The summed E-state index contributed by atoms with van der Waals surface area (Å²) in [7, 11) is 3.16. The fourth-order valence-corrected chi connectivity index (χ4v) is 5.64. The average Bonchev–Trinajstić information content (AvgIpc) is 3.32. The Hall–Kier alpha value is -4.30. The molecule has 8 heteroatoms. The maximum absolute atomic E-state index is 13.3. The van der Waals surface area contributed by atoms with Crippen LogP contribution in [0.15, 0.2) is 66.7 Å². The summed E-state index contributed by atoms with van der Waals surface area (Å²) in [4.78, 5) is 26.6. The highest BCUT2D eigenvalue weighted by Crippen LogP contribution is 2.43. The molecule has 0 spiro atoms. The molecule has 1 fully saturated rings. The van der Waals surface area contributed by atoms with Gasteiger partial charge in [-0.15, -0.1) is 0 Å². The lowest BCUT2D eigenvalue weighted by atomic mass is 9.92. The SMILES string of the molecule is COc1cc2c(cc1OC)C(=C(Nc1ccc(CCN3CCC(CCC(=O)O)CC3)cc1)c1ccccc1)C(=O)N2. The van der Waals surface area contributed by atoms with E-state index in [4.69, 9.17) is 14.6 Å². The number of carbonyl (C=O) groups is 2. The lowest BCUT2D eigenvalue weighted by Crippen LogP contribution is -2.35. The highest BCUT2D eigenvalue weighted by atomic mass is 16.5. The number of carboxylic acid groups (broad SMARTS) is 1. The lowest BCUT2D eigenvalue weighted by molar-refractivity contribution is -0.137. The van der Waals surface area contributed by atoms with Crippen molar-refractivity contribution in [2.45, 2.75) is 32.1 Å². The Bertz CT molecular complexity index is 1410. The van der Waals surface area contributed by atoms with E-state index in [1.54, 1.807) is 20.3 Å². The Kier molecular flexibility index (Phi) is 8.89. The number of rotatable bonds is 11. The molecule has 0 bridgehead atoms. The van der Waals surface area contributed by atoms with Crippen molar-refractivity contribution in [1.29, 1.82) is 0 Å². The van der Waals surface area contributed by atoms with Crippen LogP contribution in [0.3, 0.4) is 0 Å². The van der Waals surface area contributed by atoms with E-state index < -0.39 is 5.97 Å². The van der Waals surface area contributed by atoms with E-state index in [9.17, 15) is 9.59 Å². The summed E-state index contributed by atoms with van der Waals surface area (Å²) in [5.41, 5.74) is 5.73. The molecule has 3 N–H and O–H groups in total. The first-order chi connectivity index (χ1) is 19.9. The van der Waals surface area contributed by atoms with Gasteiger partial charge in [-0.2, -0.15) is 0 Å². The second-order valence-electron chi connectivity index (χ2n) is 10.6. The number of nitrogens with zero attached hydrogens (tertiary/aromatic N) is 1. The quantitative estimate of drug-likeness (QED) is 0.259. The molecule has 3 aromatic rings. The Morgan fingerprint density at radius 3 is 2.34 bits per heavy atom. The van der Waals surface area contributed by atoms with E-state index >= 15 is 0 Å². The number of fused-ring (bicyclic) bond motifs is 1. The number of ether oxygens (including phenoxy) is 2. The number of carbonyl (C=O) groups excluding carboxylic acids is 1. The van der Waals surface area contributed by atoms with Crippen LogP contribution in [0, 0.1) is 5.92 Å². The van der Waals surface area contributed by atoms with E-state index in [-0.39, 0.29) is 12.3 Å². The summed E-state index contributed by atoms with van der Waals surface area (Å²) in [5, 5.41) is 15.4. The Morgan fingerprint density at radius 2 is 1.68 bits per heavy atom. The van der Waals surface area contributed by atoms with Crippen LogP contribution in [0.1, 0.15) is 42.4 Å². The minimum Gasteiger partial charge on any atom is -0.493 e. The van der Waals surface area contributed by atoms with E-state index in [2.05, 4.69) is 39.8 Å². The number of aliphatic carboxylic acids is 1. The predicted molar refractivity (Wildman–Crippen MR) is 161 cm³/mol. The first kappa shape index (κ1) is 28.2. The lowest BCUT2D eigenvalue weighted by Gasteiger charge is -2.31. The second-order valence-corrected chi connectivity index (χ2v) is 10.6. The molecule has 41 heavy (non-hydrogen) atoms. The van der Waals surface area contributed by atoms with E-state index in [1.165, 1.54) is 5.56 Å². The number of anilines is 2. The number of carboxylic acids is 1. The molecule has 8 nitrogen and oxygen atoms in total. The third kappa shape index (κ3) is 6.72. The topological polar surface area (TPSA) is 100 Å². The van der Waals surface area contributed by atoms with Gasteiger partial charge in [-0.05, 0) is 74.0 Å². The van der Waals surface area contributed by atoms with Crippen LogP contribution >= 0.6 is 0 Å². The zero-order valence-electron chi connectivity index (χ0n) is 23.6. The number of amides is 1. The molecule has 3 aromatic carbocycles. The number of likely N-dealkylation sites (tertiary alicyclic amines) is 1. The molecule has 0 aromatic heterocycles. The van der Waals surface area contributed by atoms with Gasteiger partial charge in [0.2, 0.25) is 0 Å². The molecule has 0 atom stereocenters. The minimum absolute atomic E-state index is 0.190. The molecular weight excluding hydrogens is 518 g/mol. The van der Waals surface area contributed by atoms with Gasteiger partial charge in [0.1, 0.15) is 0 Å². The fourth-order valence-electron chi connectivity index (χ4n) is 5.64. The Labute approximate surface area is 241 Å². The molecular formula is C33H37N3O5. The van der Waals surface area contributed by atoms with Crippen LogP contribution in [0.25, 0.3) is 11.3 Å². The summed E-state index contributed by atoms with van der Waals surface area (Å²) in [6, 6.07) is 21.8. The van der Waals surface area contributed by atoms with Crippen molar-refractivity contribution in [1.82, 2.24) is 4.90 Å². The van der Waals surface area contributed by atoms with Gasteiger partial charge in [0.15, 0.2) is 11.5 Å². The predicted octanol–water partition coefficient (Wildman–Crippen LogP) is 5.76. The fraction of sp³-hybridized carbons (Fsp3) is 0.333. The third-order valence-corrected chi connectivity index (χ3v) is 7.99. The molecule has 214 valence electrons. The van der Waals surface area contributed by atoms with Crippen LogP contribution in [-0.4, -0.2) is 55.7 Å². The smallest absolute Gasteiger partial charge is 0.303 e. The maximum Gasteiger partial charge on any atom is 0.303 e. The summed E-state index contributed by atoms with van der Waals surface area (Å²) in [5.74, 6) is 0.749. The van der Waals surface area contributed by atoms with Gasteiger partial charge in [0, 0.05) is 30.3 Å². The molecule has 0 unspecified atom stereocenters. The normalized spacial score (nSPS) is 16.6. The van der Waals surface area contributed by atoms with Crippen molar-refractivity contribution < 1.29 is 24.2 Å². The van der Waals surface area contributed by atoms with Gasteiger partial charge in [0.05, 0.1) is 31.2 Å². The first-order valence-electron chi connectivity index (χ1n) is 14.1. The molecule has 0 saturated carbocycles. The zero-order valence-corrected chi connectivity index (χ0v) is 23.6. The van der Waals surface area contributed by atoms with Gasteiger partial charge < -0.3 is 30.1 Å². The van der Waals surface area contributed by atoms with Crippen LogP contribution in [0.2, 0.25) is 0 Å². The van der Waals surface area contributed by atoms with Gasteiger partial charge in [-0.1, -0.05) is 42.5 Å². The van der Waals surface area contributed by atoms with Crippen molar-refractivity contribution in [3.05, 3.63) is 83.4 Å². The van der Waals surface area contributed by atoms with Crippen LogP contribution in [0.4, 0.5) is 11.4 Å². The van der Waals surface area contributed by atoms with Gasteiger partial charge >= 0.3 is 5.97 Å². The number of piperidine rings is 1. The molecule has 0 aliphatic carbocycles. The molecule has 2 aliphatic rings. The van der Waals surface area contributed by atoms with Crippen molar-refractivity contribution >= 4 is 34.5 Å². The van der Waals surface area contributed by atoms with Crippen LogP contribution in [-0.2, 0) is 16.0 Å².